The molecule has 21 heavy (non-hydrogen) atoms. The molecular formula is C18H21FN2. The van der Waals surface area contributed by atoms with Crippen molar-refractivity contribution >= 4 is 0 Å². The van der Waals surface area contributed by atoms with Crippen molar-refractivity contribution in [3.05, 3.63) is 64.7 Å². The predicted molar refractivity (Wildman–Crippen MR) is 82.8 cm³/mol. The Hall–Kier alpha value is -1.74. The van der Waals surface area contributed by atoms with Crippen LogP contribution in [0.3, 0.4) is 0 Å². The summed E-state index contributed by atoms with van der Waals surface area (Å²) in [5.41, 5.74) is 4.75. The maximum atomic E-state index is 13.6. The molecule has 1 aromatic heterocycles. The second kappa shape index (κ2) is 5.94. The van der Waals surface area contributed by atoms with Crippen LogP contribution in [0, 0.1) is 5.82 Å². The molecule has 1 aliphatic carbocycles. The number of fused-ring (bicyclic) bond motifs is 1. The molecule has 2 aromatic rings. The number of nitrogens with one attached hydrogen (secondary N) is 1. The van der Waals surface area contributed by atoms with Gasteiger partial charge in [-0.05, 0) is 47.7 Å². The molecule has 1 unspecified atom stereocenters. The number of aromatic nitrogens is 1. The first-order chi connectivity index (χ1) is 10.1. The van der Waals surface area contributed by atoms with Gasteiger partial charge in [0.15, 0.2) is 0 Å². The first-order valence-corrected chi connectivity index (χ1v) is 7.60. The van der Waals surface area contributed by atoms with Gasteiger partial charge in [-0.3, -0.25) is 4.98 Å². The van der Waals surface area contributed by atoms with Crippen molar-refractivity contribution in [3.8, 4) is 0 Å². The average molecular weight is 284 g/mol. The van der Waals surface area contributed by atoms with Crippen LogP contribution in [0.4, 0.5) is 4.39 Å². The quantitative estimate of drug-likeness (QED) is 0.924. The monoisotopic (exact) mass is 284 g/mol. The highest BCUT2D eigenvalue weighted by molar-refractivity contribution is 5.41. The van der Waals surface area contributed by atoms with Crippen molar-refractivity contribution in [1.29, 1.82) is 0 Å². The molecule has 0 saturated carbocycles. The Morgan fingerprint density at radius 2 is 2.19 bits per heavy atom. The Kier molecular flexibility index (Phi) is 4.02. The van der Waals surface area contributed by atoms with E-state index in [0.29, 0.717) is 18.5 Å². The Morgan fingerprint density at radius 3 is 3.00 bits per heavy atom. The Balaban J connectivity index is 1.95. The van der Waals surface area contributed by atoms with Gasteiger partial charge in [-0.15, -0.1) is 0 Å². The molecule has 0 fully saturated rings. The van der Waals surface area contributed by atoms with Crippen LogP contribution in [0.1, 0.15) is 48.6 Å². The fourth-order valence-electron chi connectivity index (χ4n) is 3.10. The molecule has 0 aliphatic heterocycles. The summed E-state index contributed by atoms with van der Waals surface area (Å²) < 4.78 is 13.6. The predicted octanol–water partition coefficient (Wildman–Crippen LogP) is 3.80. The standard InChI is InChI=1S/C18H21FN2/c1-12(2)21-11-14-10-15(19)6-8-16(14)17-7-5-13-4-3-9-20-18(13)17/h3-4,6,8-10,12,17,21H,5,7,11H2,1-2H3. The van der Waals surface area contributed by atoms with E-state index >= 15 is 0 Å². The van der Waals surface area contributed by atoms with Crippen molar-refractivity contribution in [1.82, 2.24) is 10.3 Å². The van der Waals surface area contributed by atoms with Crippen LogP contribution < -0.4 is 5.32 Å². The third-order valence-electron chi connectivity index (χ3n) is 4.14. The van der Waals surface area contributed by atoms with Gasteiger partial charge in [0.1, 0.15) is 5.82 Å². The van der Waals surface area contributed by atoms with Gasteiger partial charge < -0.3 is 5.32 Å². The van der Waals surface area contributed by atoms with Crippen LogP contribution in [-0.2, 0) is 13.0 Å². The molecule has 0 bridgehead atoms. The maximum Gasteiger partial charge on any atom is 0.123 e. The minimum Gasteiger partial charge on any atom is -0.310 e. The Labute approximate surface area is 125 Å². The summed E-state index contributed by atoms with van der Waals surface area (Å²) in [6, 6.07) is 9.68. The highest BCUT2D eigenvalue weighted by Gasteiger charge is 2.26. The summed E-state index contributed by atoms with van der Waals surface area (Å²) >= 11 is 0. The van der Waals surface area contributed by atoms with Crippen molar-refractivity contribution < 1.29 is 4.39 Å². The summed E-state index contributed by atoms with van der Waals surface area (Å²) in [4.78, 5) is 4.56. The van der Waals surface area contributed by atoms with Crippen LogP contribution in [0.25, 0.3) is 0 Å². The third kappa shape index (κ3) is 2.98. The van der Waals surface area contributed by atoms with E-state index in [0.717, 1.165) is 24.1 Å². The van der Waals surface area contributed by atoms with Gasteiger partial charge in [0, 0.05) is 24.7 Å². The molecule has 3 rings (SSSR count). The molecule has 1 aromatic carbocycles. The second-order valence-corrected chi connectivity index (χ2v) is 6.02. The topological polar surface area (TPSA) is 24.9 Å². The summed E-state index contributed by atoms with van der Waals surface area (Å²) in [5.74, 6) is 0.129. The van der Waals surface area contributed by atoms with E-state index < -0.39 is 0 Å². The van der Waals surface area contributed by atoms with Crippen LogP contribution in [0.5, 0.6) is 0 Å². The highest BCUT2D eigenvalue weighted by Crippen LogP contribution is 2.38. The van der Waals surface area contributed by atoms with Crippen molar-refractivity contribution in [3.63, 3.8) is 0 Å². The summed E-state index contributed by atoms with van der Waals surface area (Å²) in [7, 11) is 0. The number of aryl methyl sites for hydroxylation is 1. The molecule has 1 atom stereocenters. The van der Waals surface area contributed by atoms with Crippen LogP contribution in [0.2, 0.25) is 0 Å². The van der Waals surface area contributed by atoms with E-state index in [-0.39, 0.29) is 5.82 Å². The molecule has 110 valence electrons. The molecule has 1 heterocycles. The van der Waals surface area contributed by atoms with Crippen molar-refractivity contribution in [2.75, 3.05) is 0 Å². The lowest BCUT2D eigenvalue weighted by Gasteiger charge is -2.18. The molecule has 3 heteroatoms. The first kappa shape index (κ1) is 14.2. The number of benzene rings is 1. The molecular weight excluding hydrogens is 263 g/mol. The van der Waals surface area contributed by atoms with Crippen molar-refractivity contribution in [2.24, 2.45) is 0 Å². The van der Waals surface area contributed by atoms with E-state index in [1.54, 1.807) is 12.1 Å². The third-order valence-corrected chi connectivity index (χ3v) is 4.14. The average Bonchev–Trinajstić information content (AvgIpc) is 2.89. The van der Waals surface area contributed by atoms with Gasteiger partial charge in [0.2, 0.25) is 0 Å². The maximum absolute atomic E-state index is 13.6. The SMILES string of the molecule is CC(C)NCc1cc(F)ccc1C1CCc2cccnc21. The minimum absolute atomic E-state index is 0.168. The molecule has 1 aliphatic rings. The number of nitrogens with zero attached hydrogens (tertiary/aromatic N) is 1. The van der Waals surface area contributed by atoms with Gasteiger partial charge in [0.25, 0.3) is 0 Å². The van der Waals surface area contributed by atoms with E-state index in [1.807, 2.05) is 18.3 Å². The lowest BCUT2D eigenvalue weighted by atomic mass is 9.91. The number of hydrogen-bond donors (Lipinski definition) is 1. The fourth-order valence-corrected chi connectivity index (χ4v) is 3.10. The number of halogens is 1. The summed E-state index contributed by atoms with van der Waals surface area (Å²) in [6.45, 7) is 4.90. The van der Waals surface area contributed by atoms with E-state index in [4.69, 9.17) is 0 Å². The Morgan fingerprint density at radius 1 is 1.33 bits per heavy atom. The minimum atomic E-state index is -0.168. The molecule has 0 spiro atoms. The first-order valence-electron chi connectivity index (χ1n) is 7.60. The normalized spacial score (nSPS) is 17.2. The fraction of sp³-hybridized carbons (Fsp3) is 0.389. The second-order valence-electron chi connectivity index (χ2n) is 6.02. The van der Waals surface area contributed by atoms with E-state index in [1.165, 1.54) is 11.1 Å². The van der Waals surface area contributed by atoms with E-state index in [9.17, 15) is 4.39 Å². The summed E-state index contributed by atoms with van der Waals surface area (Å²) in [6.07, 6.45) is 3.97. The molecule has 0 radical (unpaired) electrons. The van der Waals surface area contributed by atoms with Gasteiger partial charge in [-0.25, -0.2) is 4.39 Å². The lowest BCUT2D eigenvalue weighted by molar-refractivity contribution is 0.575. The largest absolute Gasteiger partial charge is 0.310 e. The number of pyridine rings is 1. The van der Waals surface area contributed by atoms with Gasteiger partial charge >= 0.3 is 0 Å². The lowest BCUT2D eigenvalue weighted by Crippen LogP contribution is -2.23. The molecule has 2 nitrogen and oxygen atoms in total. The van der Waals surface area contributed by atoms with Crippen molar-refractivity contribution in [2.45, 2.75) is 45.2 Å². The zero-order valence-electron chi connectivity index (χ0n) is 12.6. The van der Waals surface area contributed by atoms with Gasteiger partial charge in [-0.2, -0.15) is 0 Å². The van der Waals surface area contributed by atoms with E-state index in [2.05, 4.69) is 30.2 Å². The zero-order chi connectivity index (χ0) is 14.8. The van der Waals surface area contributed by atoms with Crippen LogP contribution >= 0.6 is 0 Å². The smallest absolute Gasteiger partial charge is 0.123 e. The van der Waals surface area contributed by atoms with Crippen LogP contribution in [0.15, 0.2) is 36.5 Å². The molecule has 1 N–H and O–H groups in total. The number of hydrogen-bond acceptors (Lipinski definition) is 2. The summed E-state index contributed by atoms with van der Waals surface area (Å²) in [5, 5.41) is 3.39. The zero-order valence-corrected chi connectivity index (χ0v) is 12.6. The van der Waals surface area contributed by atoms with Gasteiger partial charge in [0.05, 0.1) is 5.69 Å². The number of rotatable bonds is 4. The molecule has 0 amide bonds. The molecule has 0 saturated heterocycles. The van der Waals surface area contributed by atoms with Crippen LogP contribution in [-0.4, -0.2) is 11.0 Å². The highest BCUT2D eigenvalue weighted by atomic mass is 19.1. The van der Waals surface area contributed by atoms with Gasteiger partial charge in [-0.1, -0.05) is 26.0 Å². The Bertz CT molecular complexity index is 637.